The Morgan fingerprint density at radius 1 is 1.67 bits per heavy atom. The topological polar surface area (TPSA) is 38.5 Å². The minimum atomic E-state index is -2.92. The highest BCUT2D eigenvalue weighted by Crippen LogP contribution is 2.07. The lowest BCUT2D eigenvalue weighted by molar-refractivity contribution is 0.615. The lowest BCUT2D eigenvalue weighted by Gasteiger charge is -1.88. The smallest absolute Gasteiger partial charge is 0.224 e. The third-order valence-electron chi connectivity index (χ3n) is 0.501. The summed E-state index contributed by atoms with van der Waals surface area (Å²) in [4.78, 5) is 3.00. The van der Waals surface area contributed by atoms with Crippen molar-refractivity contribution in [2.24, 2.45) is 0 Å². The van der Waals surface area contributed by atoms with Crippen molar-refractivity contribution in [3.05, 3.63) is 11.4 Å². The number of hydrogen-bond acceptors (Lipinski definition) is 3. The zero-order valence-electron chi connectivity index (χ0n) is 4.99. The van der Waals surface area contributed by atoms with Crippen molar-refractivity contribution in [1.82, 2.24) is 0 Å². The molecule has 0 atom stereocenters. The van der Waals surface area contributed by atoms with Gasteiger partial charge in [-0.25, -0.2) is 15.0 Å². The molecule has 0 bridgehead atoms. The Kier molecular flexibility index (Phi) is 3.66. The zero-order valence-corrected chi connectivity index (χ0v) is 6.63. The van der Waals surface area contributed by atoms with E-state index in [1.807, 2.05) is 0 Å². The largest absolute Gasteiger partial charge is 0.316 e. The Morgan fingerprint density at radius 2 is 2.22 bits per heavy atom. The molecular weight excluding hydrogens is 158 g/mol. The summed E-state index contributed by atoms with van der Waals surface area (Å²) < 4.78 is 20.7. The van der Waals surface area contributed by atoms with Crippen LogP contribution in [0.15, 0.2) is 0 Å². The van der Waals surface area contributed by atoms with E-state index in [1.165, 1.54) is 0 Å². The molecule has 52 valence electrons. The van der Waals surface area contributed by atoms with Gasteiger partial charge >= 0.3 is 0 Å². The molecule has 0 aliphatic rings. The average molecular weight is 165 g/mol. The van der Waals surface area contributed by atoms with Gasteiger partial charge in [0.05, 0.1) is 5.75 Å². The van der Waals surface area contributed by atoms with Crippen molar-refractivity contribution in [2.75, 3.05) is 18.6 Å². The van der Waals surface area contributed by atoms with E-state index >= 15 is 0 Å². The standard InChI is InChI=1S/C4H7NO2S2/c1-5-3-4-8-9(2,6)7/h3-4H2,2H3. The van der Waals surface area contributed by atoms with Crippen molar-refractivity contribution >= 4 is 19.7 Å². The summed E-state index contributed by atoms with van der Waals surface area (Å²) in [6, 6.07) is 0. The Bertz CT molecular complexity index is 201. The van der Waals surface area contributed by atoms with Crippen molar-refractivity contribution in [1.29, 1.82) is 0 Å². The fourth-order valence-corrected chi connectivity index (χ4v) is 1.83. The normalized spacial score (nSPS) is 10.7. The Hall–Kier alpha value is -0.210. The molecule has 9 heavy (non-hydrogen) atoms. The molecule has 0 aliphatic carbocycles. The van der Waals surface area contributed by atoms with E-state index in [-0.39, 0.29) is 6.54 Å². The molecule has 0 aromatic carbocycles. The van der Waals surface area contributed by atoms with Crippen LogP contribution >= 0.6 is 10.8 Å². The molecule has 0 amide bonds. The van der Waals surface area contributed by atoms with Gasteiger partial charge in [0.1, 0.15) is 0 Å². The molecule has 0 aliphatic heterocycles. The lowest BCUT2D eigenvalue weighted by Crippen LogP contribution is -1.91. The summed E-state index contributed by atoms with van der Waals surface area (Å²) in [5, 5.41) is 0. The van der Waals surface area contributed by atoms with E-state index in [9.17, 15) is 8.42 Å². The number of rotatable bonds is 3. The molecule has 5 heteroatoms. The van der Waals surface area contributed by atoms with Crippen molar-refractivity contribution in [3.8, 4) is 0 Å². The van der Waals surface area contributed by atoms with Crippen LogP contribution < -0.4 is 0 Å². The second-order valence-electron chi connectivity index (χ2n) is 1.41. The van der Waals surface area contributed by atoms with Crippen molar-refractivity contribution < 1.29 is 8.42 Å². The molecule has 0 spiro atoms. The van der Waals surface area contributed by atoms with Crippen LogP contribution in [0.4, 0.5) is 0 Å². The van der Waals surface area contributed by atoms with Gasteiger partial charge in [-0.15, -0.1) is 0 Å². The molecule has 0 N–H and O–H groups in total. The summed E-state index contributed by atoms with van der Waals surface area (Å²) in [6.45, 7) is 6.60. The van der Waals surface area contributed by atoms with Gasteiger partial charge in [0.15, 0.2) is 8.87 Å². The fourth-order valence-electron chi connectivity index (χ4n) is 0.234. The maximum atomic E-state index is 10.4. The van der Waals surface area contributed by atoms with Gasteiger partial charge in [-0.05, 0) is 10.8 Å². The highest BCUT2D eigenvalue weighted by molar-refractivity contribution is 8.71. The summed E-state index contributed by atoms with van der Waals surface area (Å²) in [6.07, 6.45) is 1.14. The van der Waals surface area contributed by atoms with E-state index in [2.05, 4.69) is 4.85 Å². The van der Waals surface area contributed by atoms with Crippen LogP contribution in [0, 0.1) is 6.57 Å². The van der Waals surface area contributed by atoms with Crippen molar-refractivity contribution in [3.63, 3.8) is 0 Å². The molecule has 0 aromatic heterocycles. The predicted molar refractivity (Wildman–Crippen MR) is 38.8 cm³/mol. The molecule has 0 saturated carbocycles. The van der Waals surface area contributed by atoms with Crippen LogP contribution in [0.3, 0.4) is 0 Å². The third-order valence-corrected chi connectivity index (χ3v) is 3.06. The van der Waals surface area contributed by atoms with E-state index in [0.29, 0.717) is 5.75 Å². The minimum Gasteiger partial charge on any atom is -0.316 e. The maximum absolute atomic E-state index is 10.4. The van der Waals surface area contributed by atoms with Crippen LogP contribution in [0.1, 0.15) is 0 Å². The van der Waals surface area contributed by atoms with Crippen LogP contribution in [0.25, 0.3) is 4.85 Å². The monoisotopic (exact) mass is 165 g/mol. The highest BCUT2D eigenvalue weighted by atomic mass is 33.1. The minimum absolute atomic E-state index is 0.276. The Morgan fingerprint density at radius 3 is 2.56 bits per heavy atom. The van der Waals surface area contributed by atoms with E-state index in [0.717, 1.165) is 17.0 Å². The van der Waals surface area contributed by atoms with Gasteiger partial charge in [-0.1, -0.05) is 0 Å². The Labute approximate surface area is 58.6 Å². The van der Waals surface area contributed by atoms with Gasteiger partial charge in [0, 0.05) is 6.26 Å². The maximum Gasteiger partial charge on any atom is 0.224 e. The van der Waals surface area contributed by atoms with Crippen molar-refractivity contribution in [2.45, 2.75) is 0 Å². The average Bonchev–Trinajstić information content (AvgIpc) is 1.63. The summed E-state index contributed by atoms with van der Waals surface area (Å²) in [7, 11) is -2.11. The first-order chi connectivity index (χ1) is 4.06. The zero-order chi connectivity index (χ0) is 7.33. The van der Waals surface area contributed by atoms with Gasteiger partial charge in [0.2, 0.25) is 6.54 Å². The van der Waals surface area contributed by atoms with Gasteiger partial charge < -0.3 is 4.85 Å². The molecule has 0 fully saturated rings. The molecule has 0 radical (unpaired) electrons. The highest BCUT2D eigenvalue weighted by Gasteiger charge is 2.01. The van der Waals surface area contributed by atoms with Crippen LogP contribution in [0.2, 0.25) is 0 Å². The molecular formula is C4H7NO2S2. The first-order valence-corrected chi connectivity index (χ1v) is 5.63. The van der Waals surface area contributed by atoms with Gasteiger partial charge in [-0.2, -0.15) is 0 Å². The molecule has 0 unspecified atom stereocenters. The Balaban J connectivity index is 3.44. The van der Waals surface area contributed by atoms with E-state index in [1.54, 1.807) is 0 Å². The SMILES string of the molecule is [C-]#[N+]CCSS(C)(=O)=O. The van der Waals surface area contributed by atoms with E-state index < -0.39 is 8.87 Å². The summed E-state index contributed by atoms with van der Waals surface area (Å²) in [5.41, 5.74) is 0. The molecule has 0 saturated heterocycles. The van der Waals surface area contributed by atoms with Gasteiger partial charge in [-0.3, -0.25) is 0 Å². The first kappa shape index (κ1) is 8.79. The van der Waals surface area contributed by atoms with Gasteiger partial charge in [0.25, 0.3) is 0 Å². The number of nitrogens with zero attached hydrogens (tertiary/aromatic N) is 1. The predicted octanol–water partition coefficient (Wildman–Crippen LogP) is 0.598. The van der Waals surface area contributed by atoms with Crippen LogP contribution in [-0.2, 0) is 8.87 Å². The molecule has 0 aromatic rings. The molecule has 3 nitrogen and oxygen atoms in total. The van der Waals surface area contributed by atoms with Crippen LogP contribution in [-0.4, -0.2) is 27.0 Å². The quantitative estimate of drug-likeness (QED) is 0.349. The fraction of sp³-hybridized carbons (Fsp3) is 0.750. The second-order valence-corrected chi connectivity index (χ2v) is 5.98. The summed E-state index contributed by atoms with van der Waals surface area (Å²) in [5.74, 6) is 0.377. The third kappa shape index (κ3) is 7.79. The first-order valence-electron chi connectivity index (χ1n) is 2.24. The number of hydrogen-bond donors (Lipinski definition) is 0. The van der Waals surface area contributed by atoms with E-state index in [4.69, 9.17) is 6.57 Å². The molecule has 0 heterocycles. The second kappa shape index (κ2) is 3.75. The molecule has 0 rings (SSSR count). The summed E-state index contributed by atoms with van der Waals surface area (Å²) >= 11 is 0. The lowest BCUT2D eigenvalue weighted by atomic mass is 10.8. The van der Waals surface area contributed by atoms with Crippen LogP contribution in [0.5, 0.6) is 0 Å².